The fraction of sp³-hybridized carbons (Fsp3) is 0.469. The van der Waals surface area contributed by atoms with E-state index in [2.05, 4.69) is 0 Å². The van der Waals surface area contributed by atoms with Gasteiger partial charge in [-0.25, -0.2) is 0 Å². The Kier molecular flexibility index (Phi) is 10.6. The molecule has 48 heavy (non-hydrogen) atoms. The smallest absolute Gasteiger partial charge is 0.239 e. The number of aromatic hydroxyl groups is 2. The summed E-state index contributed by atoms with van der Waals surface area (Å²) < 4.78 is 28.8. The average Bonchev–Trinajstić information content (AvgIpc) is 3.05. The van der Waals surface area contributed by atoms with Crippen molar-refractivity contribution in [2.45, 2.75) is 81.7 Å². The van der Waals surface area contributed by atoms with E-state index in [4.69, 9.17) is 23.4 Å². The van der Waals surface area contributed by atoms with Crippen LogP contribution in [-0.2, 0) is 15.9 Å². The summed E-state index contributed by atoms with van der Waals surface area (Å²) in [7, 11) is 0. The molecule has 0 aliphatic carbocycles. The summed E-state index contributed by atoms with van der Waals surface area (Å²) in [4.78, 5) is 14.2. The second-order valence-electron chi connectivity index (χ2n) is 11.8. The van der Waals surface area contributed by atoms with E-state index in [1.807, 2.05) is 0 Å². The lowest BCUT2D eigenvalue weighted by atomic mass is 9.99. The van der Waals surface area contributed by atoms with E-state index in [9.17, 15) is 55.9 Å². The molecule has 5 rings (SSSR count). The summed E-state index contributed by atoms with van der Waals surface area (Å²) >= 11 is 0. The molecule has 0 amide bonds. The van der Waals surface area contributed by atoms with Crippen LogP contribution in [0.3, 0.4) is 0 Å². The third-order valence-corrected chi connectivity index (χ3v) is 8.18. The van der Waals surface area contributed by atoms with Gasteiger partial charge in [0.2, 0.25) is 23.8 Å². The van der Waals surface area contributed by atoms with Gasteiger partial charge in [-0.1, -0.05) is 11.6 Å². The second-order valence-corrected chi connectivity index (χ2v) is 11.8. The molecule has 0 saturated carbocycles. The predicted molar refractivity (Wildman–Crippen MR) is 163 cm³/mol. The molecule has 3 aromatic rings. The number of ether oxygens (including phenoxy) is 4. The molecule has 2 aromatic carbocycles. The lowest BCUT2D eigenvalue weighted by molar-refractivity contribution is -0.277. The van der Waals surface area contributed by atoms with E-state index in [1.54, 1.807) is 19.9 Å². The first kappa shape index (κ1) is 35.5. The topological polar surface area (TPSA) is 269 Å². The SMILES string of the molecule is CC(C)=CCc1c(O[C@H]2O[C@@H](CO)[C@H](O)[C@@H](O)[C@@H]2O)cc(O)c2c(=O)c(O[C@H]3O[C@@H](CO)[C@H](O)[C@@H](O)[C@@H]3O)c(-c3ccc(O)cc3)oc12. The Hall–Kier alpha value is -3.81. The quantitative estimate of drug-likeness (QED) is 0.118. The second kappa shape index (κ2) is 14.4. The molecule has 0 spiro atoms. The maximum atomic E-state index is 14.2. The molecule has 10 atom stereocenters. The number of hydrogen-bond acceptors (Lipinski definition) is 16. The van der Waals surface area contributed by atoms with Crippen LogP contribution in [0.5, 0.6) is 23.0 Å². The van der Waals surface area contributed by atoms with Gasteiger partial charge in [0, 0.05) is 17.2 Å². The van der Waals surface area contributed by atoms with Gasteiger partial charge in [0.25, 0.3) is 0 Å². The molecule has 16 heteroatoms. The zero-order chi connectivity index (χ0) is 35.0. The molecule has 0 radical (unpaired) electrons. The zero-order valence-corrected chi connectivity index (χ0v) is 25.8. The lowest BCUT2D eigenvalue weighted by Crippen LogP contribution is -2.60. The molecule has 2 aliphatic rings. The van der Waals surface area contributed by atoms with Gasteiger partial charge in [-0.3, -0.25) is 4.79 Å². The largest absolute Gasteiger partial charge is 0.508 e. The Morgan fingerprint density at radius 2 is 1.33 bits per heavy atom. The molecule has 3 heterocycles. The van der Waals surface area contributed by atoms with Crippen molar-refractivity contribution >= 4 is 11.0 Å². The summed E-state index contributed by atoms with van der Waals surface area (Å²) in [5.74, 6) is -1.88. The number of allylic oxidation sites excluding steroid dienone is 2. The van der Waals surface area contributed by atoms with Crippen molar-refractivity contribution in [1.29, 1.82) is 0 Å². The fourth-order valence-electron chi connectivity index (χ4n) is 5.44. The number of fused-ring (bicyclic) bond motifs is 1. The van der Waals surface area contributed by atoms with Gasteiger partial charge in [-0.15, -0.1) is 0 Å². The highest BCUT2D eigenvalue weighted by molar-refractivity contribution is 5.91. The Balaban J connectivity index is 1.71. The molecule has 2 fully saturated rings. The minimum Gasteiger partial charge on any atom is -0.508 e. The number of aliphatic hydroxyl groups is 8. The van der Waals surface area contributed by atoms with E-state index >= 15 is 0 Å². The lowest BCUT2D eigenvalue weighted by Gasteiger charge is -2.39. The number of hydrogen-bond donors (Lipinski definition) is 10. The normalized spacial score (nSPS) is 30.6. The number of phenolic OH excluding ortho intramolecular Hbond substituents is 2. The van der Waals surface area contributed by atoms with Gasteiger partial charge in [0.05, 0.1) is 13.2 Å². The van der Waals surface area contributed by atoms with Gasteiger partial charge < -0.3 is 74.4 Å². The highest BCUT2D eigenvalue weighted by atomic mass is 16.7. The van der Waals surface area contributed by atoms with Gasteiger partial charge in [0.1, 0.15) is 77.0 Å². The monoisotopic (exact) mass is 678 g/mol. The van der Waals surface area contributed by atoms with Crippen LogP contribution in [0.15, 0.2) is 51.2 Å². The van der Waals surface area contributed by atoms with Crippen LogP contribution in [-0.4, -0.2) is 126 Å². The van der Waals surface area contributed by atoms with Crippen LogP contribution < -0.4 is 14.9 Å². The van der Waals surface area contributed by atoms with Gasteiger partial charge in [-0.05, 0) is 44.5 Å². The molecular weight excluding hydrogens is 640 g/mol. The van der Waals surface area contributed by atoms with Crippen molar-refractivity contribution in [3.63, 3.8) is 0 Å². The van der Waals surface area contributed by atoms with Gasteiger partial charge in [0.15, 0.2) is 5.76 Å². The minimum atomic E-state index is -1.90. The molecule has 2 aliphatic heterocycles. The standard InChI is InChI=1S/C32H38O16/c1-12(2)3-8-15-17(44-31-26(42)24(40)21(37)18(10-33)45-31)9-16(36)20-23(39)30(28(47-29(15)20)13-4-6-14(35)7-5-13)48-32-27(43)25(41)22(38)19(11-34)46-32/h3-7,9,18-19,21-22,24-27,31-38,40-43H,8,10-11H2,1-2H3/t18-,19-,21-,22-,24+,25+,26-,27-,31-,32+/m0/s1. The number of rotatable bonds is 9. The highest BCUT2D eigenvalue weighted by Gasteiger charge is 2.46. The van der Waals surface area contributed by atoms with Gasteiger partial charge in [-0.2, -0.15) is 0 Å². The van der Waals surface area contributed by atoms with Crippen LogP contribution in [0.25, 0.3) is 22.3 Å². The average molecular weight is 679 g/mol. The van der Waals surface area contributed by atoms with Crippen molar-refractivity contribution in [2.24, 2.45) is 0 Å². The Morgan fingerprint density at radius 3 is 1.85 bits per heavy atom. The molecule has 10 N–H and O–H groups in total. The predicted octanol–water partition coefficient (Wildman–Crippen LogP) is -1.26. The molecule has 2 saturated heterocycles. The first-order chi connectivity index (χ1) is 22.8. The summed E-state index contributed by atoms with van der Waals surface area (Å²) in [6.07, 6.45) is -15.0. The summed E-state index contributed by atoms with van der Waals surface area (Å²) in [5.41, 5.74) is -0.0524. The third kappa shape index (κ3) is 6.72. The maximum Gasteiger partial charge on any atom is 0.239 e. The highest BCUT2D eigenvalue weighted by Crippen LogP contribution is 2.41. The van der Waals surface area contributed by atoms with E-state index < -0.39 is 96.9 Å². The van der Waals surface area contributed by atoms with Crippen molar-refractivity contribution in [3.05, 3.63) is 57.8 Å². The van der Waals surface area contributed by atoms with Crippen LogP contribution in [0.1, 0.15) is 19.4 Å². The Morgan fingerprint density at radius 1 is 0.792 bits per heavy atom. The van der Waals surface area contributed by atoms with Crippen molar-refractivity contribution in [3.8, 4) is 34.3 Å². The van der Waals surface area contributed by atoms with Crippen LogP contribution in [0.4, 0.5) is 0 Å². The first-order valence-electron chi connectivity index (χ1n) is 15.0. The molecule has 0 unspecified atom stereocenters. The van der Waals surface area contributed by atoms with Crippen LogP contribution >= 0.6 is 0 Å². The maximum absolute atomic E-state index is 14.2. The fourth-order valence-corrected chi connectivity index (χ4v) is 5.44. The van der Waals surface area contributed by atoms with Crippen molar-refractivity contribution in [1.82, 2.24) is 0 Å². The third-order valence-electron chi connectivity index (χ3n) is 8.18. The van der Waals surface area contributed by atoms with Crippen molar-refractivity contribution in [2.75, 3.05) is 13.2 Å². The molecule has 0 bridgehead atoms. The summed E-state index contributed by atoms with van der Waals surface area (Å²) in [6.45, 7) is 2.10. The molecule has 16 nitrogen and oxygen atoms in total. The number of aliphatic hydroxyl groups excluding tert-OH is 8. The van der Waals surface area contributed by atoms with Crippen LogP contribution in [0.2, 0.25) is 0 Å². The Bertz CT molecular complexity index is 1680. The molecule has 1 aromatic heterocycles. The summed E-state index contributed by atoms with van der Waals surface area (Å²) in [6, 6.07) is 6.37. The summed E-state index contributed by atoms with van der Waals surface area (Å²) in [5, 5.41) is 102. The van der Waals surface area contributed by atoms with Crippen molar-refractivity contribution < 1.29 is 74.4 Å². The van der Waals surface area contributed by atoms with Gasteiger partial charge >= 0.3 is 0 Å². The zero-order valence-electron chi connectivity index (χ0n) is 25.8. The minimum absolute atomic E-state index is 0.0245. The number of phenols is 2. The van der Waals surface area contributed by atoms with E-state index in [0.29, 0.717) is 0 Å². The van der Waals surface area contributed by atoms with E-state index in [1.165, 1.54) is 24.3 Å². The van der Waals surface area contributed by atoms with E-state index in [0.717, 1.165) is 11.6 Å². The first-order valence-corrected chi connectivity index (χ1v) is 15.0. The number of benzene rings is 2. The Labute approximate surface area is 272 Å². The molecular formula is C32H38O16. The van der Waals surface area contributed by atoms with Crippen LogP contribution in [0, 0.1) is 0 Å². The molecule has 262 valence electrons. The van der Waals surface area contributed by atoms with E-state index in [-0.39, 0.29) is 40.4 Å².